The molecule has 4 aliphatic carbocycles. The summed E-state index contributed by atoms with van der Waals surface area (Å²) >= 11 is 0. The van der Waals surface area contributed by atoms with Crippen LogP contribution in [0.2, 0.25) is 0 Å². The molecule has 4 aliphatic rings. The van der Waals surface area contributed by atoms with Crippen molar-refractivity contribution in [2.75, 3.05) is 32.1 Å². The van der Waals surface area contributed by atoms with Crippen molar-refractivity contribution < 1.29 is 0 Å². The Bertz CT molecular complexity index is 328. The largest absolute Gasteiger partial charge is 0.305 e. The molecule has 0 aliphatic heterocycles. The molecule has 0 saturated heterocycles. The average Bonchev–Trinajstić information content (AvgIpc) is 2.89. The summed E-state index contributed by atoms with van der Waals surface area (Å²) in [5.74, 6) is 3.82. The van der Waals surface area contributed by atoms with Crippen LogP contribution in [0.15, 0.2) is 0 Å². The zero-order chi connectivity index (χ0) is 13.8. The Morgan fingerprint density at radius 3 is 2.11 bits per heavy atom. The van der Waals surface area contributed by atoms with Gasteiger partial charge in [0.1, 0.15) is 0 Å². The van der Waals surface area contributed by atoms with Gasteiger partial charge in [-0.05, 0) is 72.7 Å². The highest BCUT2D eigenvalue weighted by molar-refractivity contribution is 8.17. The molecule has 0 aromatic heterocycles. The fourth-order valence-electron chi connectivity index (χ4n) is 4.35. The Kier molecular flexibility index (Phi) is 3.50. The average molecular weight is 284 g/mol. The Labute approximate surface area is 122 Å². The first kappa shape index (κ1) is 14.3. The minimum absolute atomic E-state index is 0.332. The lowest BCUT2D eigenvalue weighted by atomic mass is 9.56. The summed E-state index contributed by atoms with van der Waals surface area (Å²) in [4.78, 5) is 2.64. The molecule has 2 bridgehead atoms. The van der Waals surface area contributed by atoms with Gasteiger partial charge in [-0.15, -0.1) is 0 Å². The summed E-state index contributed by atoms with van der Waals surface area (Å²) < 4.78 is 0. The molecule has 0 radical (unpaired) electrons. The van der Waals surface area contributed by atoms with E-state index in [1.807, 2.05) is 0 Å². The van der Waals surface area contributed by atoms with Crippen LogP contribution in [0, 0.1) is 22.7 Å². The lowest BCUT2D eigenvalue weighted by Gasteiger charge is -2.62. The van der Waals surface area contributed by atoms with Gasteiger partial charge in [0.05, 0.1) is 0 Å². The fraction of sp³-hybridized carbons (Fsp3) is 1.00. The first-order chi connectivity index (χ1) is 8.82. The third-order valence-corrected chi connectivity index (χ3v) is 9.30. The molecule has 112 valence electrons. The van der Waals surface area contributed by atoms with Crippen LogP contribution in [-0.2, 0) is 0 Å². The zero-order valence-electron chi connectivity index (χ0n) is 13.6. The standard InChI is InChI=1S/C17H33NS/c1-16(2,3)17(6-7-17)12-18(4)8-9-19(5)15-13-10-14(15)11-13/h13-15,19H,6-12H2,1-5H3. The van der Waals surface area contributed by atoms with Gasteiger partial charge >= 0.3 is 0 Å². The molecular weight excluding hydrogens is 250 g/mol. The lowest BCUT2D eigenvalue weighted by molar-refractivity contribution is 0.0325. The van der Waals surface area contributed by atoms with Crippen molar-refractivity contribution in [3.05, 3.63) is 0 Å². The monoisotopic (exact) mass is 283 g/mol. The maximum Gasteiger partial charge on any atom is 0.00527 e. The van der Waals surface area contributed by atoms with Crippen molar-refractivity contribution >= 4 is 10.9 Å². The van der Waals surface area contributed by atoms with E-state index in [0.29, 0.717) is 21.7 Å². The van der Waals surface area contributed by atoms with Crippen molar-refractivity contribution in [2.45, 2.75) is 51.7 Å². The zero-order valence-corrected chi connectivity index (χ0v) is 14.5. The van der Waals surface area contributed by atoms with Gasteiger partial charge in [-0.2, -0.15) is 0 Å². The molecule has 0 aromatic rings. The predicted octanol–water partition coefficient (Wildman–Crippen LogP) is 3.78. The Morgan fingerprint density at radius 2 is 1.74 bits per heavy atom. The highest BCUT2D eigenvalue weighted by Crippen LogP contribution is 2.63. The van der Waals surface area contributed by atoms with Crippen LogP contribution in [0.5, 0.6) is 0 Å². The van der Waals surface area contributed by atoms with E-state index < -0.39 is 0 Å². The molecule has 4 saturated carbocycles. The van der Waals surface area contributed by atoms with E-state index >= 15 is 0 Å². The second-order valence-corrected chi connectivity index (χ2v) is 11.3. The van der Waals surface area contributed by atoms with E-state index in [1.54, 1.807) is 12.8 Å². The maximum atomic E-state index is 2.64. The molecule has 1 atom stereocenters. The molecule has 0 aromatic carbocycles. The van der Waals surface area contributed by atoms with E-state index in [9.17, 15) is 0 Å². The highest BCUT2D eigenvalue weighted by atomic mass is 32.2. The third kappa shape index (κ3) is 2.48. The molecule has 0 N–H and O–H groups in total. The highest BCUT2D eigenvalue weighted by Gasteiger charge is 2.54. The Morgan fingerprint density at radius 1 is 1.16 bits per heavy atom. The molecule has 2 heteroatoms. The summed E-state index contributed by atoms with van der Waals surface area (Å²) in [6.07, 6.45) is 8.65. The molecule has 4 rings (SSSR count). The van der Waals surface area contributed by atoms with E-state index in [0.717, 1.165) is 11.8 Å². The summed E-state index contributed by atoms with van der Waals surface area (Å²) in [6, 6.07) is 0. The van der Waals surface area contributed by atoms with Crippen LogP contribution in [0.4, 0.5) is 0 Å². The molecule has 0 heterocycles. The molecule has 1 unspecified atom stereocenters. The maximum absolute atomic E-state index is 2.64. The van der Waals surface area contributed by atoms with Gasteiger partial charge in [0.2, 0.25) is 0 Å². The van der Waals surface area contributed by atoms with Crippen LogP contribution in [0.1, 0.15) is 46.5 Å². The molecule has 1 nitrogen and oxygen atoms in total. The number of hydrogen-bond acceptors (Lipinski definition) is 1. The smallest absolute Gasteiger partial charge is 0.00527 e. The molecule has 4 fully saturated rings. The van der Waals surface area contributed by atoms with Gasteiger partial charge in [0.25, 0.3) is 0 Å². The van der Waals surface area contributed by atoms with Crippen LogP contribution in [-0.4, -0.2) is 42.3 Å². The Balaban J connectivity index is 1.41. The summed E-state index contributed by atoms with van der Waals surface area (Å²) in [7, 11) is 2.69. The van der Waals surface area contributed by atoms with Crippen molar-refractivity contribution in [3.63, 3.8) is 0 Å². The van der Waals surface area contributed by atoms with Crippen LogP contribution >= 0.6 is 10.9 Å². The minimum atomic E-state index is 0.332. The number of hydrogen-bond donors (Lipinski definition) is 1. The first-order valence-corrected chi connectivity index (χ1v) is 10.3. The first-order valence-electron chi connectivity index (χ1n) is 8.21. The molecule has 19 heavy (non-hydrogen) atoms. The quantitative estimate of drug-likeness (QED) is 0.726. The van der Waals surface area contributed by atoms with E-state index in [4.69, 9.17) is 0 Å². The summed E-state index contributed by atoms with van der Waals surface area (Å²) in [5, 5.41) is 1.18. The van der Waals surface area contributed by atoms with Gasteiger partial charge in [0, 0.05) is 13.1 Å². The SMILES string of the molecule is CN(CC[SH](C)C1C2CC1C2)CC1(C(C)(C)C)CC1. The topological polar surface area (TPSA) is 3.24 Å². The van der Waals surface area contributed by atoms with E-state index in [1.165, 1.54) is 36.9 Å². The van der Waals surface area contributed by atoms with E-state index in [-0.39, 0.29) is 0 Å². The second-order valence-electron chi connectivity index (χ2n) is 8.73. The van der Waals surface area contributed by atoms with Crippen molar-refractivity contribution in [2.24, 2.45) is 22.7 Å². The summed E-state index contributed by atoms with van der Waals surface area (Å²) in [6.45, 7) is 9.97. The third-order valence-electron chi connectivity index (χ3n) is 6.54. The van der Waals surface area contributed by atoms with Crippen LogP contribution in [0.3, 0.4) is 0 Å². The normalized spacial score (nSPS) is 37.6. The minimum Gasteiger partial charge on any atom is -0.305 e. The lowest BCUT2D eigenvalue weighted by Crippen LogP contribution is -2.55. The second kappa shape index (κ2) is 4.66. The number of rotatable bonds is 6. The molecular formula is C17H33NS. The van der Waals surface area contributed by atoms with Gasteiger partial charge < -0.3 is 4.90 Å². The number of nitrogens with zero attached hydrogens (tertiary/aromatic N) is 1. The van der Waals surface area contributed by atoms with Crippen molar-refractivity contribution in [1.29, 1.82) is 0 Å². The molecule has 0 spiro atoms. The summed E-state index contributed by atoms with van der Waals surface area (Å²) in [5.41, 5.74) is 1.13. The molecule has 0 amide bonds. The number of thiol groups is 1. The predicted molar refractivity (Wildman–Crippen MR) is 88.4 cm³/mol. The van der Waals surface area contributed by atoms with Gasteiger partial charge in [-0.25, -0.2) is 0 Å². The van der Waals surface area contributed by atoms with Crippen LogP contribution < -0.4 is 0 Å². The van der Waals surface area contributed by atoms with Gasteiger partial charge in [0.15, 0.2) is 0 Å². The van der Waals surface area contributed by atoms with Crippen molar-refractivity contribution in [1.82, 2.24) is 4.90 Å². The fourth-order valence-corrected chi connectivity index (χ4v) is 7.23. The Hall–Kier alpha value is 0.310. The van der Waals surface area contributed by atoms with Gasteiger partial charge in [-0.3, -0.25) is 10.9 Å². The van der Waals surface area contributed by atoms with E-state index in [2.05, 4.69) is 39.0 Å². The van der Waals surface area contributed by atoms with Gasteiger partial charge in [-0.1, -0.05) is 20.8 Å². The van der Waals surface area contributed by atoms with Crippen molar-refractivity contribution in [3.8, 4) is 0 Å². The van der Waals surface area contributed by atoms with Crippen LogP contribution in [0.25, 0.3) is 0 Å².